The minimum absolute atomic E-state index is 0.0423. The van der Waals surface area contributed by atoms with E-state index in [1.54, 1.807) is 12.0 Å². The number of aliphatic carboxylic acids is 1. The highest BCUT2D eigenvalue weighted by Crippen LogP contribution is 2.21. The largest absolute Gasteiger partial charge is 0.481 e. The molecule has 0 unspecified atom stereocenters. The first kappa shape index (κ1) is 12.0. The Labute approximate surface area is 89.0 Å². The van der Waals surface area contributed by atoms with Gasteiger partial charge in [0.25, 0.3) is 0 Å². The second-order valence-corrected chi connectivity index (χ2v) is 4.47. The van der Waals surface area contributed by atoms with Crippen LogP contribution in [0.25, 0.3) is 0 Å². The molecule has 1 saturated heterocycles. The lowest BCUT2D eigenvalue weighted by molar-refractivity contribution is -0.154. The summed E-state index contributed by atoms with van der Waals surface area (Å²) in [5, 5.41) is 8.65. The van der Waals surface area contributed by atoms with Crippen molar-refractivity contribution in [3.05, 3.63) is 0 Å². The van der Waals surface area contributed by atoms with Crippen LogP contribution in [0.4, 0.5) is 0 Å². The van der Waals surface area contributed by atoms with Gasteiger partial charge in [-0.3, -0.25) is 9.59 Å². The van der Waals surface area contributed by atoms with Crippen molar-refractivity contribution in [3.8, 4) is 0 Å². The van der Waals surface area contributed by atoms with Crippen LogP contribution in [0.5, 0.6) is 0 Å². The lowest BCUT2D eigenvalue weighted by atomic mass is 9.97. The maximum Gasteiger partial charge on any atom is 0.310 e. The zero-order valence-electron chi connectivity index (χ0n) is 9.32. The van der Waals surface area contributed by atoms with Gasteiger partial charge in [0, 0.05) is 20.2 Å². The first-order chi connectivity index (χ1) is 6.85. The van der Waals surface area contributed by atoms with Gasteiger partial charge in [0.2, 0.25) is 5.91 Å². The third-order valence-electron chi connectivity index (χ3n) is 2.71. The van der Waals surface area contributed by atoms with E-state index in [4.69, 9.17) is 9.84 Å². The summed E-state index contributed by atoms with van der Waals surface area (Å²) in [4.78, 5) is 23.7. The maximum atomic E-state index is 11.6. The highest BCUT2D eigenvalue weighted by atomic mass is 16.5. The Bertz CT molecular complexity index is 269. The van der Waals surface area contributed by atoms with Crippen molar-refractivity contribution in [2.75, 3.05) is 20.2 Å². The van der Waals surface area contributed by atoms with Crippen LogP contribution in [0.1, 0.15) is 20.3 Å². The van der Waals surface area contributed by atoms with Crippen LogP contribution in [0.2, 0.25) is 0 Å². The van der Waals surface area contributed by atoms with E-state index in [9.17, 15) is 9.59 Å². The van der Waals surface area contributed by atoms with Crippen molar-refractivity contribution in [1.82, 2.24) is 4.90 Å². The Kier molecular flexibility index (Phi) is 3.34. The van der Waals surface area contributed by atoms with Crippen molar-refractivity contribution < 1.29 is 19.4 Å². The van der Waals surface area contributed by atoms with Crippen molar-refractivity contribution in [1.29, 1.82) is 0 Å². The molecule has 1 aliphatic rings. The Morgan fingerprint density at radius 2 is 2.00 bits per heavy atom. The Balaban J connectivity index is 2.36. The molecule has 1 aliphatic heterocycles. The summed E-state index contributed by atoms with van der Waals surface area (Å²) in [7, 11) is 1.56. The molecular formula is C10H17NO4. The third-order valence-corrected chi connectivity index (χ3v) is 2.71. The molecule has 86 valence electrons. The summed E-state index contributed by atoms with van der Waals surface area (Å²) in [6.45, 7) is 4.32. The molecule has 0 aromatic carbocycles. The molecule has 0 bridgehead atoms. The smallest absolute Gasteiger partial charge is 0.310 e. The van der Waals surface area contributed by atoms with Gasteiger partial charge in [-0.05, 0) is 13.8 Å². The van der Waals surface area contributed by atoms with Gasteiger partial charge in [0.05, 0.1) is 17.9 Å². The molecule has 1 N–H and O–H groups in total. The Hall–Kier alpha value is -1.10. The third kappa shape index (κ3) is 2.92. The van der Waals surface area contributed by atoms with E-state index in [0.717, 1.165) is 0 Å². The van der Waals surface area contributed by atoms with Gasteiger partial charge in [0.15, 0.2) is 0 Å². The zero-order chi connectivity index (χ0) is 11.6. The monoisotopic (exact) mass is 215 g/mol. The van der Waals surface area contributed by atoms with Gasteiger partial charge in [-0.1, -0.05) is 0 Å². The summed E-state index contributed by atoms with van der Waals surface area (Å²) < 4.78 is 5.14. The number of methoxy groups -OCH3 is 1. The van der Waals surface area contributed by atoms with Crippen LogP contribution in [-0.2, 0) is 14.3 Å². The topological polar surface area (TPSA) is 66.8 Å². The number of nitrogens with zero attached hydrogens (tertiary/aromatic N) is 1. The van der Waals surface area contributed by atoms with Gasteiger partial charge >= 0.3 is 5.97 Å². The molecule has 0 radical (unpaired) electrons. The number of hydrogen-bond donors (Lipinski definition) is 1. The minimum atomic E-state index is -0.829. The quantitative estimate of drug-likeness (QED) is 0.734. The summed E-state index contributed by atoms with van der Waals surface area (Å²) in [5.74, 6) is -1.26. The molecule has 0 atom stereocenters. The van der Waals surface area contributed by atoms with Crippen LogP contribution >= 0.6 is 0 Å². The predicted molar refractivity (Wildman–Crippen MR) is 53.4 cm³/mol. The summed E-state index contributed by atoms with van der Waals surface area (Å²) in [6.07, 6.45) is 0.288. The van der Waals surface area contributed by atoms with E-state index in [0.29, 0.717) is 13.1 Å². The lowest BCUT2D eigenvalue weighted by Crippen LogP contribution is -2.54. The average Bonchev–Trinajstić information content (AvgIpc) is 1.99. The van der Waals surface area contributed by atoms with E-state index < -0.39 is 11.6 Å². The lowest BCUT2D eigenvalue weighted by Gasteiger charge is -2.38. The molecule has 1 amide bonds. The number of ether oxygens (including phenoxy) is 1. The number of carbonyl (C=O) groups is 2. The van der Waals surface area contributed by atoms with Gasteiger partial charge in [0.1, 0.15) is 0 Å². The normalized spacial score (nSPS) is 17.4. The van der Waals surface area contributed by atoms with Crippen molar-refractivity contribution >= 4 is 11.9 Å². The molecule has 0 spiro atoms. The van der Waals surface area contributed by atoms with Gasteiger partial charge in [-0.25, -0.2) is 0 Å². The van der Waals surface area contributed by atoms with E-state index in [2.05, 4.69) is 0 Å². The fraction of sp³-hybridized carbons (Fsp3) is 0.800. The minimum Gasteiger partial charge on any atom is -0.481 e. The first-order valence-electron chi connectivity index (χ1n) is 4.91. The molecule has 1 heterocycles. The molecule has 0 aromatic heterocycles. The molecular weight excluding hydrogens is 198 g/mol. The average molecular weight is 215 g/mol. The number of rotatable bonds is 4. The number of hydrogen-bond acceptors (Lipinski definition) is 3. The first-order valence-corrected chi connectivity index (χ1v) is 4.91. The molecule has 1 fully saturated rings. The number of carbonyl (C=O) groups excluding carboxylic acids is 1. The molecule has 0 aromatic rings. The van der Waals surface area contributed by atoms with Gasteiger partial charge in [-0.15, -0.1) is 0 Å². The summed E-state index contributed by atoms with van der Waals surface area (Å²) in [6, 6.07) is 0. The Morgan fingerprint density at radius 1 is 1.47 bits per heavy atom. The zero-order valence-corrected chi connectivity index (χ0v) is 9.32. The van der Waals surface area contributed by atoms with Crippen LogP contribution < -0.4 is 0 Å². The van der Waals surface area contributed by atoms with Crippen LogP contribution in [0.3, 0.4) is 0 Å². The highest BCUT2D eigenvalue weighted by molar-refractivity contribution is 5.81. The van der Waals surface area contributed by atoms with Crippen LogP contribution in [-0.4, -0.2) is 47.7 Å². The predicted octanol–water partition coefficient (Wildman–Crippen LogP) is 0.344. The number of carboxylic acid groups (broad SMARTS) is 1. The number of carboxylic acids is 1. The van der Waals surface area contributed by atoms with Crippen LogP contribution in [0, 0.1) is 5.92 Å². The molecule has 0 saturated carbocycles. The number of likely N-dealkylation sites (tertiary alicyclic amines) is 1. The van der Waals surface area contributed by atoms with Gasteiger partial charge in [-0.2, -0.15) is 0 Å². The van der Waals surface area contributed by atoms with Crippen molar-refractivity contribution in [2.24, 2.45) is 5.92 Å². The fourth-order valence-corrected chi connectivity index (χ4v) is 1.39. The molecule has 1 rings (SSSR count). The number of amides is 1. The highest BCUT2D eigenvalue weighted by Gasteiger charge is 2.37. The summed E-state index contributed by atoms with van der Waals surface area (Å²) >= 11 is 0. The van der Waals surface area contributed by atoms with Gasteiger partial charge < -0.3 is 14.7 Å². The fourth-order valence-electron chi connectivity index (χ4n) is 1.39. The second kappa shape index (κ2) is 4.18. The standard InChI is InChI=1S/C10H17NO4/c1-10(2,15-3)4-8(12)11-5-7(6-11)9(13)14/h7H,4-6H2,1-3H3,(H,13,14). The van der Waals surface area contributed by atoms with Crippen LogP contribution in [0.15, 0.2) is 0 Å². The molecule has 0 aliphatic carbocycles. The molecule has 5 heteroatoms. The van der Waals surface area contributed by atoms with Crippen molar-refractivity contribution in [3.63, 3.8) is 0 Å². The maximum absolute atomic E-state index is 11.6. The molecule has 5 nitrogen and oxygen atoms in total. The molecule has 15 heavy (non-hydrogen) atoms. The second-order valence-electron chi connectivity index (χ2n) is 4.47. The summed E-state index contributed by atoms with van der Waals surface area (Å²) in [5.41, 5.74) is -0.481. The van der Waals surface area contributed by atoms with E-state index >= 15 is 0 Å². The van der Waals surface area contributed by atoms with E-state index in [1.165, 1.54) is 0 Å². The SMILES string of the molecule is COC(C)(C)CC(=O)N1CC(C(=O)O)C1. The van der Waals surface area contributed by atoms with E-state index in [-0.39, 0.29) is 18.2 Å². The van der Waals surface area contributed by atoms with Crippen molar-refractivity contribution in [2.45, 2.75) is 25.9 Å². The van der Waals surface area contributed by atoms with E-state index in [1.807, 2.05) is 13.8 Å². The Morgan fingerprint density at radius 3 is 2.40 bits per heavy atom.